The number of hydrogen-bond donors (Lipinski definition) is 0. The Morgan fingerprint density at radius 1 is 1.13 bits per heavy atom. The Balaban J connectivity index is 1.82. The minimum absolute atomic E-state index is 0.0574. The van der Waals surface area contributed by atoms with Crippen molar-refractivity contribution in [2.45, 2.75) is 26.4 Å². The summed E-state index contributed by atoms with van der Waals surface area (Å²) in [6.45, 7) is 4.42. The van der Waals surface area contributed by atoms with Crippen molar-refractivity contribution in [1.29, 1.82) is 0 Å². The highest BCUT2D eigenvalue weighted by atomic mass is 35.5. The number of fused-ring (bicyclic) bond motifs is 1. The number of carbonyl (C=O) groups is 1. The lowest BCUT2D eigenvalue weighted by molar-refractivity contribution is 0.0996. The van der Waals surface area contributed by atoms with E-state index in [1.807, 2.05) is 19.9 Å². The summed E-state index contributed by atoms with van der Waals surface area (Å²) >= 11 is 6.06. The van der Waals surface area contributed by atoms with Gasteiger partial charge in [0.05, 0.1) is 49.0 Å². The number of halogens is 1. The molecule has 0 radical (unpaired) electrons. The molecule has 1 aliphatic rings. The Kier molecular flexibility index (Phi) is 5.22. The molecule has 31 heavy (non-hydrogen) atoms. The van der Waals surface area contributed by atoms with Crippen LogP contribution < -0.4 is 19.9 Å². The number of hydrogen-bond acceptors (Lipinski definition) is 6. The van der Waals surface area contributed by atoms with Crippen LogP contribution >= 0.6 is 11.6 Å². The molecule has 1 aliphatic heterocycles. The SMILES string of the molecule is COc1ncc(-c2cc3c(n2C(C)C)CN(c2cc(Cl)c(=O)n(C)c2)C3=O)c(OC)n1. The number of ether oxygens (including phenoxy) is 2. The molecule has 10 heteroatoms. The first-order valence-corrected chi connectivity index (χ1v) is 10.0. The third kappa shape index (κ3) is 3.34. The van der Waals surface area contributed by atoms with Gasteiger partial charge in [0, 0.05) is 25.5 Å². The number of methoxy groups -OCH3 is 2. The van der Waals surface area contributed by atoms with Gasteiger partial charge in [0.1, 0.15) is 5.02 Å². The highest BCUT2D eigenvalue weighted by molar-refractivity contribution is 6.30. The van der Waals surface area contributed by atoms with Crippen LogP contribution in [0, 0.1) is 0 Å². The Labute approximate surface area is 183 Å². The van der Waals surface area contributed by atoms with Crippen LogP contribution in [-0.2, 0) is 13.6 Å². The van der Waals surface area contributed by atoms with E-state index in [0.29, 0.717) is 29.2 Å². The van der Waals surface area contributed by atoms with Crippen molar-refractivity contribution < 1.29 is 14.3 Å². The van der Waals surface area contributed by atoms with E-state index in [9.17, 15) is 9.59 Å². The molecule has 0 fully saturated rings. The standard InChI is InChI=1S/C21H22ClN5O4/c1-11(2)27-16(14-8-23-21(31-5)24-18(14)30-4)7-13-17(27)10-26(19(13)28)12-6-15(22)20(29)25(3)9-12/h6-9,11H,10H2,1-5H3. The number of nitrogens with zero attached hydrogens (tertiary/aromatic N) is 5. The van der Waals surface area contributed by atoms with E-state index in [0.717, 1.165) is 11.4 Å². The number of pyridine rings is 1. The molecule has 9 nitrogen and oxygen atoms in total. The monoisotopic (exact) mass is 443 g/mol. The first-order valence-electron chi connectivity index (χ1n) is 9.64. The molecule has 0 saturated carbocycles. The molecule has 3 aromatic rings. The second-order valence-corrected chi connectivity index (χ2v) is 7.89. The molecule has 4 rings (SSSR count). The predicted octanol–water partition coefficient (Wildman–Crippen LogP) is 3.06. The number of amides is 1. The van der Waals surface area contributed by atoms with Gasteiger partial charge in [0.2, 0.25) is 5.88 Å². The third-order valence-electron chi connectivity index (χ3n) is 5.26. The fraction of sp³-hybridized carbons (Fsp3) is 0.333. The van der Waals surface area contributed by atoms with E-state index in [4.69, 9.17) is 21.1 Å². The number of aryl methyl sites for hydroxylation is 1. The zero-order chi connectivity index (χ0) is 22.4. The van der Waals surface area contributed by atoms with Gasteiger partial charge in [-0.25, -0.2) is 4.98 Å². The Bertz CT molecular complexity index is 1220. The van der Waals surface area contributed by atoms with Gasteiger partial charge < -0.3 is 23.5 Å². The third-order valence-corrected chi connectivity index (χ3v) is 5.53. The van der Waals surface area contributed by atoms with Crippen LogP contribution in [0.3, 0.4) is 0 Å². The van der Waals surface area contributed by atoms with E-state index < -0.39 is 0 Å². The van der Waals surface area contributed by atoms with Crippen LogP contribution in [0.5, 0.6) is 11.9 Å². The molecular weight excluding hydrogens is 422 g/mol. The summed E-state index contributed by atoms with van der Waals surface area (Å²) < 4.78 is 14.0. The van der Waals surface area contributed by atoms with Gasteiger partial charge in [0.15, 0.2) is 0 Å². The summed E-state index contributed by atoms with van der Waals surface area (Å²) in [5.74, 6) is 0.192. The van der Waals surface area contributed by atoms with Gasteiger partial charge >= 0.3 is 6.01 Å². The van der Waals surface area contributed by atoms with Crippen LogP contribution in [0.4, 0.5) is 5.69 Å². The molecule has 4 heterocycles. The Morgan fingerprint density at radius 2 is 1.87 bits per heavy atom. The second-order valence-electron chi connectivity index (χ2n) is 7.49. The van der Waals surface area contributed by atoms with Crippen LogP contribution in [0.25, 0.3) is 11.3 Å². The molecule has 1 amide bonds. The summed E-state index contributed by atoms with van der Waals surface area (Å²) in [5.41, 5.74) is 3.14. The highest BCUT2D eigenvalue weighted by Gasteiger charge is 2.35. The predicted molar refractivity (Wildman–Crippen MR) is 116 cm³/mol. The van der Waals surface area contributed by atoms with Crippen LogP contribution in [0.15, 0.2) is 29.3 Å². The molecule has 0 atom stereocenters. The summed E-state index contributed by atoms with van der Waals surface area (Å²) in [4.78, 5) is 35.3. The van der Waals surface area contributed by atoms with Crippen molar-refractivity contribution in [2.24, 2.45) is 7.05 Å². The van der Waals surface area contributed by atoms with Crippen molar-refractivity contribution in [2.75, 3.05) is 19.1 Å². The zero-order valence-electron chi connectivity index (χ0n) is 17.8. The van der Waals surface area contributed by atoms with Crippen LogP contribution in [0.1, 0.15) is 35.9 Å². The summed E-state index contributed by atoms with van der Waals surface area (Å²) in [7, 11) is 4.62. The maximum absolute atomic E-state index is 13.3. The lowest BCUT2D eigenvalue weighted by atomic mass is 10.2. The fourth-order valence-electron chi connectivity index (χ4n) is 3.87. The molecule has 0 spiro atoms. The quantitative estimate of drug-likeness (QED) is 0.601. The fourth-order valence-corrected chi connectivity index (χ4v) is 4.11. The normalized spacial score (nSPS) is 13.1. The molecular formula is C21H22ClN5O4. The smallest absolute Gasteiger partial charge is 0.319 e. The van der Waals surface area contributed by atoms with E-state index in [1.165, 1.54) is 24.9 Å². The van der Waals surface area contributed by atoms with Gasteiger partial charge in [-0.1, -0.05) is 11.6 Å². The van der Waals surface area contributed by atoms with Gasteiger partial charge in [-0.2, -0.15) is 4.98 Å². The maximum Gasteiger partial charge on any atom is 0.319 e. The minimum atomic E-state index is -0.310. The number of rotatable bonds is 5. The van der Waals surface area contributed by atoms with Crippen molar-refractivity contribution in [3.63, 3.8) is 0 Å². The minimum Gasteiger partial charge on any atom is -0.480 e. The van der Waals surface area contributed by atoms with Gasteiger partial charge in [0.25, 0.3) is 11.5 Å². The average molecular weight is 444 g/mol. The Morgan fingerprint density at radius 3 is 2.48 bits per heavy atom. The topological polar surface area (TPSA) is 91.5 Å². The number of carbonyl (C=O) groups excluding carboxylic acids is 1. The van der Waals surface area contributed by atoms with E-state index in [2.05, 4.69) is 14.5 Å². The number of anilines is 1. The first-order chi connectivity index (χ1) is 14.8. The highest BCUT2D eigenvalue weighted by Crippen LogP contribution is 2.39. The summed E-state index contributed by atoms with van der Waals surface area (Å²) in [5, 5.41) is 0.0666. The first kappa shape index (κ1) is 20.9. The molecule has 0 aliphatic carbocycles. The summed E-state index contributed by atoms with van der Waals surface area (Å²) in [6, 6.07) is 3.61. The summed E-state index contributed by atoms with van der Waals surface area (Å²) in [6.07, 6.45) is 3.24. The van der Waals surface area contributed by atoms with Gasteiger partial charge in [-0.05, 0) is 26.0 Å². The lowest BCUT2D eigenvalue weighted by Gasteiger charge is -2.21. The van der Waals surface area contributed by atoms with E-state index in [-0.39, 0.29) is 28.5 Å². The van der Waals surface area contributed by atoms with Gasteiger partial charge in [-0.3, -0.25) is 9.59 Å². The van der Waals surface area contributed by atoms with Crippen LogP contribution in [-0.4, -0.2) is 39.2 Å². The second kappa shape index (κ2) is 7.73. The zero-order valence-corrected chi connectivity index (χ0v) is 18.6. The molecule has 0 saturated heterocycles. The molecule has 162 valence electrons. The molecule has 0 N–H and O–H groups in total. The molecule has 3 aromatic heterocycles. The van der Waals surface area contributed by atoms with E-state index >= 15 is 0 Å². The van der Waals surface area contributed by atoms with Crippen LogP contribution in [0.2, 0.25) is 5.02 Å². The van der Waals surface area contributed by atoms with Crippen molar-refractivity contribution in [3.8, 4) is 23.1 Å². The number of aromatic nitrogens is 4. The largest absolute Gasteiger partial charge is 0.480 e. The van der Waals surface area contributed by atoms with Crippen molar-refractivity contribution in [1.82, 2.24) is 19.1 Å². The van der Waals surface area contributed by atoms with Crippen molar-refractivity contribution >= 4 is 23.2 Å². The molecule has 0 bridgehead atoms. The Hall–Kier alpha value is -3.33. The molecule has 0 unspecified atom stereocenters. The molecule has 0 aromatic carbocycles. The lowest BCUT2D eigenvalue weighted by Crippen LogP contribution is -2.27. The van der Waals surface area contributed by atoms with Gasteiger partial charge in [-0.15, -0.1) is 0 Å². The van der Waals surface area contributed by atoms with E-state index in [1.54, 1.807) is 24.3 Å². The van der Waals surface area contributed by atoms with Crippen molar-refractivity contribution in [3.05, 3.63) is 51.2 Å². The maximum atomic E-state index is 13.3. The average Bonchev–Trinajstić information content (AvgIpc) is 3.27.